The molecule has 0 aromatic heterocycles. The van der Waals surface area contributed by atoms with E-state index in [-0.39, 0.29) is 0 Å². The first-order valence-corrected chi connectivity index (χ1v) is 5.61. The van der Waals surface area contributed by atoms with Crippen molar-refractivity contribution in [3.8, 4) is 0 Å². The summed E-state index contributed by atoms with van der Waals surface area (Å²) in [4.78, 5) is 4.33. The summed E-state index contributed by atoms with van der Waals surface area (Å²) in [6.07, 6.45) is 0. The van der Waals surface area contributed by atoms with Crippen molar-refractivity contribution in [1.29, 1.82) is 0 Å². The molecule has 2 atom stereocenters. The summed E-state index contributed by atoms with van der Waals surface area (Å²) in [7, 11) is 0. The first kappa shape index (κ1) is 9.59. The van der Waals surface area contributed by atoms with Crippen molar-refractivity contribution < 1.29 is 0 Å². The normalized spacial score (nSPS) is 26.3. The van der Waals surface area contributed by atoms with Gasteiger partial charge in [0, 0.05) is 0 Å². The van der Waals surface area contributed by atoms with Gasteiger partial charge in [0.05, 0.1) is 11.3 Å². The number of hydrogen-bond acceptors (Lipinski definition) is 3. The third-order valence-electron chi connectivity index (χ3n) is 2.42. The Labute approximate surface area is 88.6 Å². The van der Waals surface area contributed by atoms with E-state index in [1.807, 2.05) is 0 Å². The number of rotatable bonds is 1. The number of aryl methyl sites for hydroxylation is 1. The van der Waals surface area contributed by atoms with Crippen molar-refractivity contribution in [2.45, 2.75) is 25.1 Å². The highest BCUT2D eigenvalue weighted by molar-refractivity contribution is 8.14. The molecule has 1 heterocycles. The Morgan fingerprint density at radius 2 is 1.93 bits per heavy atom. The minimum absolute atomic E-state index is 0.294. The Bertz CT molecular complexity index is 356. The molecular weight excluding hydrogens is 192 g/mol. The molecule has 2 N–H and O–H groups in total. The lowest BCUT2D eigenvalue weighted by Gasteiger charge is -2.13. The van der Waals surface area contributed by atoms with Crippen LogP contribution in [0, 0.1) is 6.92 Å². The van der Waals surface area contributed by atoms with E-state index in [9.17, 15) is 0 Å². The first-order chi connectivity index (χ1) is 6.66. The number of benzene rings is 1. The van der Waals surface area contributed by atoms with Crippen molar-refractivity contribution in [3.05, 3.63) is 35.4 Å². The van der Waals surface area contributed by atoms with Gasteiger partial charge in [0.15, 0.2) is 5.17 Å². The van der Waals surface area contributed by atoms with Gasteiger partial charge in [0.1, 0.15) is 0 Å². The standard InChI is InChI=1S/C11H14N2S/c1-7-3-5-9(6-4-7)10-8(2)13-11(12)14-10/h3-6,8,10H,1-2H3,(H2,12,13)/t8-,10?/m1/s1. The summed E-state index contributed by atoms with van der Waals surface area (Å²) in [5, 5.41) is 1.11. The topological polar surface area (TPSA) is 38.4 Å². The summed E-state index contributed by atoms with van der Waals surface area (Å²) in [5.41, 5.74) is 8.30. The van der Waals surface area contributed by atoms with Gasteiger partial charge in [-0.3, -0.25) is 4.99 Å². The number of amidine groups is 1. The van der Waals surface area contributed by atoms with Crippen LogP contribution in [-0.4, -0.2) is 11.2 Å². The molecule has 0 fully saturated rings. The number of thioether (sulfide) groups is 1. The lowest BCUT2D eigenvalue weighted by atomic mass is 10.1. The van der Waals surface area contributed by atoms with Crippen LogP contribution in [0.1, 0.15) is 23.3 Å². The zero-order valence-corrected chi connectivity index (χ0v) is 9.21. The molecular formula is C11H14N2S. The second-order valence-electron chi connectivity index (χ2n) is 3.66. The van der Waals surface area contributed by atoms with Gasteiger partial charge < -0.3 is 5.73 Å². The molecule has 0 bridgehead atoms. The maximum Gasteiger partial charge on any atom is 0.154 e. The van der Waals surface area contributed by atoms with E-state index < -0.39 is 0 Å². The highest BCUT2D eigenvalue weighted by Gasteiger charge is 2.26. The highest BCUT2D eigenvalue weighted by Crippen LogP contribution is 2.38. The minimum Gasteiger partial charge on any atom is -0.379 e. The average Bonchev–Trinajstić information content (AvgIpc) is 2.47. The molecule has 2 rings (SSSR count). The molecule has 0 aliphatic carbocycles. The summed E-state index contributed by atoms with van der Waals surface area (Å²) in [5.74, 6) is 0. The molecule has 0 saturated carbocycles. The Hall–Kier alpha value is -0.960. The van der Waals surface area contributed by atoms with Gasteiger partial charge >= 0.3 is 0 Å². The predicted molar refractivity (Wildman–Crippen MR) is 62.6 cm³/mol. The summed E-state index contributed by atoms with van der Waals surface area (Å²) >= 11 is 1.66. The van der Waals surface area contributed by atoms with E-state index in [0.29, 0.717) is 16.5 Å². The van der Waals surface area contributed by atoms with Crippen LogP contribution >= 0.6 is 11.8 Å². The van der Waals surface area contributed by atoms with Crippen molar-refractivity contribution in [2.24, 2.45) is 10.7 Å². The number of nitrogens with zero attached hydrogens (tertiary/aromatic N) is 1. The molecule has 1 aliphatic rings. The molecule has 0 saturated heterocycles. The maximum absolute atomic E-state index is 5.70. The molecule has 1 aromatic carbocycles. The Balaban J connectivity index is 2.21. The third-order valence-corrected chi connectivity index (χ3v) is 3.69. The smallest absolute Gasteiger partial charge is 0.154 e. The Morgan fingerprint density at radius 1 is 1.29 bits per heavy atom. The number of nitrogens with two attached hydrogens (primary N) is 1. The second-order valence-corrected chi connectivity index (χ2v) is 4.82. The van der Waals surface area contributed by atoms with E-state index in [1.165, 1.54) is 11.1 Å². The van der Waals surface area contributed by atoms with Gasteiger partial charge in [-0.1, -0.05) is 41.6 Å². The van der Waals surface area contributed by atoms with Crippen LogP contribution in [0.25, 0.3) is 0 Å². The van der Waals surface area contributed by atoms with Crippen molar-refractivity contribution in [3.63, 3.8) is 0 Å². The quantitative estimate of drug-likeness (QED) is 0.766. The van der Waals surface area contributed by atoms with E-state index in [2.05, 4.69) is 43.1 Å². The Kier molecular flexibility index (Phi) is 2.50. The molecule has 0 amide bonds. The van der Waals surface area contributed by atoms with E-state index in [4.69, 9.17) is 5.73 Å². The highest BCUT2D eigenvalue weighted by atomic mass is 32.2. The zero-order chi connectivity index (χ0) is 10.1. The Morgan fingerprint density at radius 3 is 2.43 bits per heavy atom. The van der Waals surface area contributed by atoms with E-state index >= 15 is 0 Å². The fourth-order valence-electron chi connectivity index (χ4n) is 1.63. The molecule has 3 heteroatoms. The van der Waals surface area contributed by atoms with Gasteiger partial charge in [0.2, 0.25) is 0 Å². The zero-order valence-electron chi connectivity index (χ0n) is 8.40. The summed E-state index contributed by atoms with van der Waals surface area (Å²) in [6, 6.07) is 8.89. The first-order valence-electron chi connectivity index (χ1n) is 4.73. The fraction of sp³-hybridized carbons (Fsp3) is 0.364. The molecule has 14 heavy (non-hydrogen) atoms. The average molecular weight is 206 g/mol. The van der Waals surface area contributed by atoms with Crippen LogP contribution in [-0.2, 0) is 0 Å². The molecule has 2 nitrogen and oxygen atoms in total. The predicted octanol–water partition coefficient (Wildman–Crippen LogP) is 2.49. The molecule has 1 aliphatic heterocycles. The van der Waals surface area contributed by atoms with Gasteiger partial charge in [0.25, 0.3) is 0 Å². The number of aliphatic imine (C=N–C) groups is 1. The van der Waals surface area contributed by atoms with Crippen molar-refractivity contribution in [1.82, 2.24) is 0 Å². The maximum atomic E-state index is 5.70. The molecule has 74 valence electrons. The van der Waals surface area contributed by atoms with E-state index in [0.717, 1.165) is 0 Å². The molecule has 1 aromatic rings. The van der Waals surface area contributed by atoms with Crippen molar-refractivity contribution >= 4 is 16.9 Å². The largest absolute Gasteiger partial charge is 0.379 e. The lowest BCUT2D eigenvalue weighted by Crippen LogP contribution is -2.04. The lowest BCUT2D eigenvalue weighted by molar-refractivity contribution is 0.739. The van der Waals surface area contributed by atoms with Crippen molar-refractivity contribution in [2.75, 3.05) is 0 Å². The van der Waals surface area contributed by atoms with Crippen LogP contribution in [0.3, 0.4) is 0 Å². The second kappa shape index (κ2) is 3.65. The molecule has 1 unspecified atom stereocenters. The SMILES string of the molecule is Cc1ccc(C2SC(N)=N[C@@H]2C)cc1. The number of hydrogen-bond donors (Lipinski definition) is 1. The van der Waals surface area contributed by atoms with Gasteiger partial charge in [-0.25, -0.2) is 0 Å². The monoisotopic (exact) mass is 206 g/mol. The van der Waals surface area contributed by atoms with Crippen LogP contribution in [0.2, 0.25) is 0 Å². The van der Waals surface area contributed by atoms with Gasteiger partial charge in [-0.15, -0.1) is 0 Å². The van der Waals surface area contributed by atoms with E-state index in [1.54, 1.807) is 11.8 Å². The molecule has 0 radical (unpaired) electrons. The van der Waals surface area contributed by atoms with Crippen LogP contribution < -0.4 is 5.73 Å². The van der Waals surface area contributed by atoms with Crippen LogP contribution in [0.15, 0.2) is 29.3 Å². The van der Waals surface area contributed by atoms with Crippen LogP contribution in [0.5, 0.6) is 0 Å². The summed E-state index contributed by atoms with van der Waals surface area (Å²) < 4.78 is 0. The molecule has 0 spiro atoms. The fourth-order valence-corrected chi connectivity index (χ4v) is 2.67. The summed E-state index contributed by atoms with van der Waals surface area (Å²) in [6.45, 7) is 4.21. The van der Waals surface area contributed by atoms with Crippen LogP contribution in [0.4, 0.5) is 0 Å². The van der Waals surface area contributed by atoms with Gasteiger partial charge in [-0.2, -0.15) is 0 Å². The third kappa shape index (κ3) is 1.77. The minimum atomic E-state index is 0.294. The van der Waals surface area contributed by atoms with Gasteiger partial charge in [-0.05, 0) is 19.4 Å².